The zero-order chi connectivity index (χ0) is 22.7. The van der Waals surface area contributed by atoms with Gasteiger partial charge in [-0.15, -0.1) is 0 Å². The summed E-state index contributed by atoms with van der Waals surface area (Å²) >= 11 is 0. The van der Waals surface area contributed by atoms with E-state index >= 15 is 0 Å². The molecule has 32 heavy (non-hydrogen) atoms. The summed E-state index contributed by atoms with van der Waals surface area (Å²) in [6, 6.07) is 20.8. The monoisotopic (exact) mass is 429 g/mol. The van der Waals surface area contributed by atoms with E-state index in [1.54, 1.807) is 4.90 Å². The van der Waals surface area contributed by atoms with Crippen molar-refractivity contribution in [2.75, 3.05) is 5.32 Å². The number of carbonyl (C=O) groups excluding carboxylic acids is 1. The predicted molar refractivity (Wildman–Crippen MR) is 125 cm³/mol. The Morgan fingerprint density at radius 2 is 1.59 bits per heavy atom. The zero-order valence-electron chi connectivity index (χ0n) is 18.0. The van der Waals surface area contributed by atoms with Crippen molar-refractivity contribution in [3.63, 3.8) is 0 Å². The first kappa shape index (κ1) is 21.3. The number of fused-ring (bicyclic) bond motifs is 1. The quantitative estimate of drug-likeness (QED) is 0.439. The molecule has 0 aliphatic carbocycles. The van der Waals surface area contributed by atoms with Gasteiger partial charge in [-0.2, -0.15) is 0 Å². The normalized spacial score (nSPS) is 10.8. The maximum absolute atomic E-state index is 13.2. The number of nitrogens with one attached hydrogen (secondary N) is 2. The molecule has 5 nitrogen and oxygen atoms in total. The van der Waals surface area contributed by atoms with E-state index in [1.165, 1.54) is 24.3 Å². The number of hydrogen-bond donors (Lipinski definition) is 2. The predicted octanol–water partition coefficient (Wildman–Crippen LogP) is 5.52. The molecule has 0 radical (unpaired) electrons. The molecule has 0 atom stereocenters. The number of aryl methyl sites for hydroxylation is 2. The summed E-state index contributed by atoms with van der Waals surface area (Å²) in [5, 5.41) is 3.70. The number of urea groups is 1. The number of halogens is 1. The number of aromatic amines is 1. The third-order valence-electron chi connectivity index (χ3n) is 5.32. The summed E-state index contributed by atoms with van der Waals surface area (Å²) < 4.78 is 13.2. The van der Waals surface area contributed by atoms with Crippen molar-refractivity contribution in [3.8, 4) is 0 Å². The van der Waals surface area contributed by atoms with Gasteiger partial charge >= 0.3 is 6.03 Å². The van der Waals surface area contributed by atoms with E-state index in [4.69, 9.17) is 0 Å². The molecular formula is C26H24FN3O2. The summed E-state index contributed by atoms with van der Waals surface area (Å²) in [5.41, 5.74) is 4.62. The second kappa shape index (κ2) is 9.06. The maximum atomic E-state index is 13.2. The molecular weight excluding hydrogens is 405 g/mol. The molecule has 3 aromatic carbocycles. The molecule has 1 aromatic heterocycles. The van der Waals surface area contributed by atoms with E-state index in [1.807, 2.05) is 62.4 Å². The number of aromatic nitrogens is 1. The Morgan fingerprint density at radius 3 is 2.31 bits per heavy atom. The molecule has 0 unspecified atom stereocenters. The Bertz CT molecular complexity index is 1310. The van der Waals surface area contributed by atoms with Crippen LogP contribution >= 0.6 is 0 Å². The molecule has 1 heterocycles. The molecule has 4 aromatic rings. The van der Waals surface area contributed by atoms with Crippen LogP contribution in [0.2, 0.25) is 0 Å². The standard InChI is InChI=1S/C26H24FN3O2/c1-17-3-6-19(7-4-17)15-30(26(32)28-23-11-9-22(27)10-12-23)16-21-14-20-8-5-18(2)13-24(20)29-25(21)31/h3-14H,15-16H2,1-2H3,(H,28,32)(H,29,31). The van der Waals surface area contributed by atoms with Gasteiger partial charge < -0.3 is 15.2 Å². The molecule has 162 valence electrons. The van der Waals surface area contributed by atoms with Crippen LogP contribution in [-0.2, 0) is 13.1 Å². The van der Waals surface area contributed by atoms with Crippen molar-refractivity contribution >= 4 is 22.6 Å². The van der Waals surface area contributed by atoms with E-state index in [2.05, 4.69) is 10.3 Å². The first-order chi connectivity index (χ1) is 15.4. The van der Waals surface area contributed by atoms with Crippen molar-refractivity contribution in [2.45, 2.75) is 26.9 Å². The van der Waals surface area contributed by atoms with E-state index in [0.29, 0.717) is 17.8 Å². The highest BCUT2D eigenvalue weighted by Crippen LogP contribution is 2.17. The van der Waals surface area contributed by atoms with Gasteiger partial charge in [0.1, 0.15) is 5.82 Å². The molecule has 0 fully saturated rings. The largest absolute Gasteiger partial charge is 0.322 e. The fourth-order valence-corrected chi connectivity index (χ4v) is 3.53. The number of carbonyl (C=O) groups is 1. The number of benzene rings is 3. The van der Waals surface area contributed by atoms with Crippen LogP contribution in [0.5, 0.6) is 0 Å². The van der Waals surface area contributed by atoms with Crippen molar-refractivity contribution in [1.29, 1.82) is 0 Å². The van der Waals surface area contributed by atoms with Gasteiger partial charge in [0.15, 0.2) is 0 Å². The van der Waals surface area contributed by atoms with Gasteiger partial charge in [0.05, 0.1) is 6.54 Å². The number of rotatable bonds is 5. The fourth-order valence-electron chi connectivity index (χ4n) is 3.53. The minimum Gasteiger partial charge on any atom is -0.322 e. The summed E-state index contributed by atoms with van der Waals surface area (Å²) in [6.07, 6.45) is 0. The lowest BCUT2D eigenvalue weighted by atomic mass is 10.1. The van der Waals surface area contributed by atoms with Crippen LogP contribution in [0.4, 0.5) is 14.9 Å². The Balaban J connectivity index is 1.64. The van der Waals surface area contributed by atoms with E-state index < -0.39 is 0 Å². The second-order valence-electron chi connectivity index (χ2n) is 7.99. The van der Waals surface area contributed by atoms with E-state index in [0.717, 1.165) is 27.6 Å². The van der Waals surface area contributed by atoms with Gasteiger partial charge in [0, 0.05) is 23.3 Å². The molecule has 4 rings (SSSR count). The molecule has 2 amide bonds. The van der Waals surface area contributed by atoms with Crippen LogP contribution in [-0.4, -0.2) is 15.9 Å². The van der Waals surface area contributed by atoms with Crippen molar-refractivity contribution in [2.24, 2.45) is 0 Å². The van der Waals surface area contributed by atoms with Gasteiger partial charge in [0.25, 0.3) is 5.56 Å². The molecule has 2 N–H and O–H groups in total. The second-order valence-corrected chi connectivity index (χ2v) is 7.99. The fraction of sp³-hybridized carbons (Fsp3) is 0.154. The smallest absolute Gasteiger partial charge is 0.322 e. The first-order valence-corrected chi connectivity index (χ1v) is 10.4. The van der Waals surface area contributed by atoms with Crippen LogP contribution in [0.3, 0.4) is 0 Å². The van der Waals surface area contributed by atoms with E-state index in [-0.39, 0.29) is 24.0 Å². The molecule has 0 aliphatic heterocycles. The lowest BCUT2D eigenvalue weighted by Crippen LogP contribution is -2.35. The first-order valence-electron chi connectivity index (χ1n) is 10.4. The SMILES string of the molecule is Cc1ccc(CN(Cc2cc3ccc(C)cc3[nH]c2=O)C(=O)Nc2ccc(F)cc2)cc1. The van der Waals surface area contributed by atoms with Crippen molar-refractivity contribution in [3.05, 3.63) is 111 Å². The molecule has 0 saturated heterocycles. The Kier molecular flexibility index (Phi) is 6.03. The van der Waals surface area contributed by atoms with Crippen molar-refractivity contribution < 1.29 is 9.18 Å². The molecule has 0 bridgehead atoms. The third-order valence-corrected chi connectivity index (χ3v) is 5.32. The van der Waals surface area contributed by atoms with Gasteiger partial charge in [-0.05, 0) is 66.8 Å². The van der Waals surface area contributed by atoms with Gasteiger partial charge in [-0.3, -0.25) is 4.79 Å². The van der Waals surface area contributed by atoms with Crippen LogP contribution in [0.1, 0.15) is 22.3 Å². The molecule has 0 spiro atoms. The minimum atomic E-state index is -0.377. The Labute approximate surface area is 185 Å². The maximum Gasteiger partial charge on any atom is 0.322 e. The Hall–Kier alpha value is -3.93. The van der Waals surface area contributed by atoms with Crippen LogP contribution in [0.25, 0.3) is 10.9 Å². The van der Waals surface area contributed by atoms with E-state index in [9.17, 15) is 14.0 Å². The lowest BCUT2D eigenvalue weighted by molar-refractivity contribution is 0.206. The summed E-state index contributed by atoms with van der Waals surface area (Å²) in [6.45, 7) is 4.41. The zero-order valence-corrected chi connectivity index (χ0v) is 18.0. The van der Waals surface area contributed by atoms with Crippen LogP contribution in [0, 0.1) is 19.7 Å². The number of nitrogens with zero attached hydrogens (tertiary/aromatic N) is 1. The highest BCUT2D eigenvalue weighted by molar-refractivity contribution is 5.89. The summed E-state index contributed by atoms with van der Waals surface area (Å²) in [5.74, 6) is -0.377. The van der Waals surface area contributed by atoms with Crippen molar-refractivity contribution in [1.82, 2.24) is 9.88 Å². The third kappa shape index (κ3) is 5.03. The number of anilines is 1. The number of H-pyrrole nitrogens is 1. The summed E-state index contributed by atoms with van der Waals surface area (Å²) in [7, 11) is 0. The molecule has 0 aliphatic rings. The highest BCUT2D eigenvalue weighted by atomic mass is 19.1. The number of hydrogen-bond acceptors (Lipinski definition) is 2. The van der Waals surface area contributed by atoms with Gasteiger partial charge in [-0.1, -0.05) is 42.0 Å². The highest BCUT2D eigenvalue weighted by Gasteiger charge is 2.17. The van der Waals surface area contributed by atoms with Crippen LogP contribution in [0.15, 0.2) is 77.6 Å². The average Bonchev–Trinajstić information content (AvgIpc) is 2.77. The number of amides is 2. The van der Waals surface area contributed by atoms with Gasteiger partial charge in [0.2, 0.25) is 0 Å². The molecule has 0 saturated carbocycles. The topological polar surface area (TPSA) is 65.2 Å². The summed E-state index contributed by atoms with van der Waals surface area (Å²) in [4.78, 5) is 30.3. The average molecular weight is 429 g/mol. The minimum absolute atomic E-state index is 0.125. The lowest BCUT2D eigenvalue weighted by Gasteiger charge is -2.23. The Morgan fingerprint density at radius 1 is 0.906 bits per heavy atom. The van der Waals surface area contributed by atoms with Crippen LogP contribution < -0.4 is 10.9 Å². The van der Waals surface area contributed by atoms with Gasteiger partial charge in [-0.25, -0.2) is 9.18 Å². The number of pyridine rings is 1. The molecule has 6 heteroatoms.